The zero-order valence-electron chi connectivity index (χ0n) is 8.88. The predicted octanol–water partition coefficient (Wildman–Crippen LogP) is 1.34. The van der Waals surface area contributed by atoms with Gasteiger partial charge >= 0.3 is 0 Å². The molecule has 14 heavy (non-hydrogen) atoms. The highest BCUT2D eigenvalue weighted by molar-refractivity contribution is 5.82. The zero-order valence-corrected chi connectivity index (χ0v) is 8.88. The third-order valence-electron chi connectivity index (χ3n) is 2.89. The van der Waals surface area contributed by atoms with Crippen LogP contribution in [0.5, 0.6) is 0 Å². The number of hydrogen-bond acceptors (Lipinski definition) is 2. The van der Waals surface area contributed by atoms with Crippen molar-refractivity contribution in [2.45, 2.75) is 50.6 Å². The van der Waals surface area contributed by atoms with Crippen molar-refractivity contribution in [1.29, 1.82) is 0 Å². The van der Waals surface area contributed by atoms with Gasteiger partial charge in [0.2, 0.25) is 5.91 Å². The van der Waals surface area contributed by atoms with Crippen LogP contribution in [0.25, 0.3) is 0 Å². The summed E-state index contributed by atoms with van der Waals surface area (Å²) in [5.74, 6) is -0.0469. The standard InChI is InChI=1S/C11H20N2O/c1-3-6-9(12)10(14)13-11(2)7-4-5-8-11/h3,9H,1,4-8,12H2,2H3,(H,13,14). The van der Waals surface area contributed by atoms with E-state index in [-0.39, 0.29) is 11.4 Å². The molecule has 0 spiro atoms. The molecular formula is C11H20N2O. The zero-order chi connectivity index (χ0) is 10.6. The Hall–Kier alpha value is -0.830. The van der Waals surface area contributed by atoms with Crippen LogP contribution in [0.2, 0.25) is 0 Å². The number of hydrogen-bond donors (Lipinski definition) is 2. The molecule has 0 aliphatic heterocycles. The van der Waals surface area contributed by atoms with Gasteiger partial charge in [-0.05, 0) is 26.2 Å². The second kappa shape index (κ2) is 4.60. The number of carbonyl (C=O) groups excluding carboxylic acids is 1. The Morgan fingerprint density at radius 3 is 2.71 bits per heavy atom. The monoisotopic (exact) mass is 196 g/mol. The number of nitrogens with one attached hydrogen (secondary N) is 1. The van der Waals surface area contributed by atoms with E-state index in [9.17, 15) is 4.79 Å². The predicted molar refractivity (Wildman–Crippen MR) is 57.8 cm³/mol. The number of amides is 1. The Balaban J connectivity index is 2.42. The molecule has 1 fully saturated rings. The molecule has 0 aromatic heterocycles. The van der Waals surface area contributed by atoms with Crippen LogP contribution in [0.3, 0.4) is 0 Å². The van der Waals surface area contributed by atoms with E-state index in [0.29, 0.717) is 6.42 Å². The number of nitrogens with two attached hydrogens (primary N) is 1. The lowest BCUT2D eigenvalue weighted by Crippen LogP contribution is -2.50. The Bertz CT molecular complexity index is 219. The Morgan fingerprint density at radius 2 is 2.21 bits per heavy atom. The summed E-state index contributed by atoms with van der Waals surface area (Å²) in [6.07, 6.45) is 6.77. The van der Waals surface area contributed by atoms with Gasteiger partial charge in [-0.25, -0.2) is 0 Å². The fraction of sp³-hybridized carbons (Fsp3) is 0.727. The first kappa shape index (κ1) is 11.2. The van der Waals surface area contributed by atoms with Crippen LogP contribution in [-0.4, -0.2) is 17.5 Å². The quantitative estimate of drug-likeness (QED) is 0.667. The van der Waals surface area contributed by atoms with Gasteiger partial charge in [-0.15, -0.1) is 6.58 Å². The largest absolute Gasteiger partial charge is 0.350 e. The van der Waals surface area contributed by atoms with Crippen molar-refractivity contribution in [2.75, 3.05) is 0 Å². The molecule has 3 heteroatoms. The molecule has 3 nitrogen and oxygen atoms in total. The maximum atomic E-state index is 11.6. The van der Waals surface area contributed by atoms with Gasteiger partial charge in [0.25, 0.3) is 0 Å². The molecule has 1 aliphatic rings. The molecule has 1 aliphatic carbocycles. The van der Waals surface area contributed by atoms with E-state index in [2.05, 4.69) is 18.8 Å². The third-order valence-corrected chi connectivity index (χ3v) is 2.89. The van der Waals surface area contributed by atoms with Crippen LogP contribution in [0.15, 0.2) is 12.7 Å². The molecule has 80 valence electrons. The maximum absolute atomic E-state index is 11.6. The minimum Gasteiger partial charge on any atom is -0.350 e. The molecule has 1 unspecified atom stereocenters. The van der Waals surface area contributed by atoms with Gasteiger partial charge in [-0.3, -0.25) is 4.79 Å². The van der Waals surface area contributed by atoms with Gasteiger partial charge in [-0.2, -0.15) is 0 Å². The van der Waals surface area contributed by atoms with Crippen LogP contribution < -0.4 is 11.1 Å². The normalized spacial score (nSPS) is 21.6. The summed E-state index contributed by atoms with van der Waals surface area (Å²) in [5, 5.41) is 3.03. The van der Waals surface area contributed by atoms with Gasteiger partial charge in [-0.1, -0.05) is 18.9 Å². The molecule has 3 N–H and O–H groups in total. The second-order valence-electron chi connectivity index (χ2n) is 4.39. The molecule has 0 aromatic carbocycles. The van der Waals surface area contributed by atoms with Crippen molar-refractivity contribution < 1.29 is 4.79 Å². The highest BCUT2D eigenvalue weighted by Gasteiger charge is 2.31. The molecule has 0 saturated heterocycles. The van der Waals surface area contributed by atoms with Crippen LogP contribution in [0.4, 0.5) is 0 Å². The minimum absolute atomic E-state index is 0.0180. The van der Waals surface area contributed by atoms with Gasteiger partial charge < -0.3 is 11.1 Å². The van der Waals surface area contributed by atoms with Crippen molar-refractivity contribution in [3.63, 3.8) is 0 Å². The second-order valence-corrected chi connectivity index (χ2v) is 4.39. The summed E-state index contributed by atoms with van der Waals surface area (Å²) in [5.41, 5.74) is 5.66. The molecular weight excluding hydrogens is 176 g/mol. The van der Waals surface area contributed by atoms with E-state index in [1.807, 2.05) is 0 Å². The first-order valence-electron chi connectivity index (χ1n) is 5.26. The summed E-state index contributed by atoms with van der Waals surface area (Å²) in [6, 6.07) is -0.440. The van der Waals surface area contributed by atoms with E-state index in [1.165, 1.54) is 12.8 Å². The van der Waals surface area contributed by atoms with Gasteiger partial charge in [0, 0.05) is 5.54 Å². The number of carbonyl (C=O) groups is 1. The minimum atomic E-state index is -0.440. The summed E-state index contributed by atoms with van der Waals surface area (Å²) in [6.45, 7) is 5.67. The van der Waals surface area contributed by atoms with Crippen LogP contribution in [-0.2, 0) is 4.79 Å². The molecule has 1 rings (SSSR count). The van der Waals surface area contributed by atoms with Crippen LogP contribution >= 0.6 is 0 Å². The third kappa shape index (κ3) is 2.84. The van der Waals surface area contributed by atoms with Crippen molar-refractivity contribution in [1.82, 2.24) is 5.32 Å². The molecule has 0 heterocycles. The first-order chi connectivity index (χ1) is 6.57. The smallest absolute Gasteiger partial charge is 0.237 e. The van der Waals surface area contributed by atoms with Crippen molar-refractivity contribution in [2.24, 2.45) is 5.73 Å². The summed E-state index contributed by atoms with van der Waals surface area (Å²) in [7, 11) is 0. The topological polar surface area (TPSA) is 55.1 Å². The van der Waals surface area contributed by atoms with E-state index in [1.54, 1.807) is 6.08 Å². The summed E-state index contributed by atoms with van der Waals surface area (Å²) >= 11 is 0. The molecule has 0 aromatic rings. The average Bonchev–Trinajstić information content (AvgIpc) is 2.52. The molecule has 0 bridgehead atoms. The number of rotatable bonds is 4. The SMILES string of the molecule is C=CCC(N)C(=O)NC1(C)CCCC1. The summed E-state index contributed by atoms with van der Waals surface area (Å²) in [4.78, 5) is 11.6. The van der Waals surface area contributed by atoms with Gasteiger partial charge in [0.1, 0.15) is 0 Å². The van der Waals surface area contributed by atoms with E-state index in [4.69, 9.17) is 5.73 Å². The lowest BCUT2D eigenvalue weighted by atomic mass is 10.00. The Morgan fingerprint density at radius 1 is 1.64 bits per heavy atom. The highest BCUT2D eigenvalue weighted by Crippen LogP contribution is 2.28. The van der Waals surface area contributed by atoms with E-state index in [0.717, 1.165) is 12.8 Å². The van der Waals surface area contributed by atoms with Crippen molar-refractivity contribution >= 4 is 5.91 Å². The van der Waals surface area contributed by atoms with Gasteiger partial charge in [0.15, 0.2) is 0 Å². The molecule has 1 amide bonds. The van der Waals surface area contributed by atoms with Crippen molar-refractivity contribution in [3.05, 3.63) is 12.7 Å². The van der Waals surface area contributed by atoms with Crippen molar-refractivity contribution in [3.8, 4) is 0 Å². The Kier molecular flexibility index (Phi) is 3.69. The van der Waals surface area contributed by atoms with Crippen LogP contribution in [0, 0.1) is 0 Å². The highest BCUT2D eigenvalue weighted by atomic mass is 16.2. The maximum Gasteiger partial charge on any atom is 0.237 e. The molecule has 1 atom stereocenters. The fourth-order valence-corrected chi connectivity index (χ4v) is 1.96. The average molecular weight is 196 g/mol. The van der Waals surface area contributed by atoms with E-state index >= 15 is 0 Å². The Labute approximate surface area is 85.7 Å². The fourth-order valence-electron chi connectivity index (χ4n) is 1.96. The molecule has 1 saturated carbocycles. The molecule has 0 radical (unpaired) electrons. The lowest BCUT2D eigenvalue weighted by Gasteiger charge is -2.26. The van der Waals surface area contributed by atoms with E-state index < -0.39 is 6.04 Å². The first-order valence-corrected chi connectivity index (χ1v) is 5.26. The van der Waals surface area contributed by atoms with Gasteiger partial charge in [0.05, 0.1) is 6.04 Å². The lowest BCUT2D eigenvalue weighted by molar-refractivity contribution is -0.124. The van der Waals surface area contributed by atoms with Crippen LogP contribution in [0.1, 0.15) is 39.0 Å². The summed E-state index contributed by atoms with van der Waals surface area (Å²) < 4.78 is 0.